The number of nitrogens with zero attached hydrogens (tertiary/aromatic N) is 1. The van der Waals surface area contributed by atoms with E-state index in [1.807, 2.05) is 36.4 Å². The van der Waals surface area contributed by atoms with Gasteiger partial charge in [-0.3, -0.25) is 4.98 Å². The van der Waals surface area contributed by atoms with Crippen LogP contribution in [0.5, 0.6) is 0 Å². The first-order valence-electron chi connectivity index (χ1n) is 7.22. The van der Waals surface area contributed by atoms with E-state index in [-0.39, 0.29) is 11.4 Å². The topological polar surface area (TPSA) is 85.1 Å². The van der Waals surface area contributed by atoms with Crippen LogP contribution in [-0.2, 0) is 10.0 Å². The smallest absolute Gasteiger partial charge is 0.241 e. The van der Waals surface area contributed by atoms with Crippen molar-refractivity contribution in [1.29, 1.82) is 0 Å². The zero-order chi connectivity index (χ0) is 16.3. The molecule has 0 aliphatic carbocycles. The third kappa shape index (κ3) is 3.24. The lowest BCUT2D eigenvalue weighted by Crippen LogP contribution is -2.33. The maximum atomic E-state index is 12.8. The van der Waals surface area contributed by atoms with E-state index in [1.165, 1.54) is 0 Å². The highest BCUT2D eigenvalue weighted by molar-refractivity contribution is 7.89. The summed E-state index contributed by atoms with van der Waals surface area (Å²) in [6.45, 7) is 0.176. The third-order valence-corrected chi connectivity index (χ3v) is 5.20. The Bertz CT molecular complexity index is 906. The Kier molecular flexibility index (Phi) is 4.38. The Morgan fingerprint density at radius 3 is 2.57 bits per heavy atom. The second-order valence-electron chi connectivity index (χ2n) is 5.17. The molecule has 1 atom stereocenters. The number of hydrogen-bond acceptors (Lipinski definition) is 4. The average Bonchev–Trinajstić information content (AvgIpc) is 2.60. The standard InChI is InChI=1S/C17H17N3O2S/c18-11-16(13-5-2-1-3-6-13)20-23(21,22)17-8-4-7-14-12-19-10-9-15(14)17/h1-10,12,16,20H,11,18H2. The summed E-state index contributed by atoms with van der Waals surface area (Å²) in [6, 6.07) is 15.7. The number of hydrogen-bond donors (Lipinski definition) is 2. The van der Waals surface area contributed by atoms with Crippen LogP contribution in [0.15, 0.2) is 71.9 Å². The minimum absolute atomic E-state index is 0.176. The van der Waals surface area contributed by atoms with Gasteiger partial charge in [0.25, 0.3) is 0 Å². The van der Waals surface area contributed by atoms with E-state index in [0.717, 1.165) is 10.9 Å². The van der Waals surface area contributed by atoms with Crippen molar-refractivity contribution >= 4 is 20.8 Å². The van der Waals surface area contributed by atoms with Gasteiger partial charge >= 0.3 is 0 Å². The first-order chi connectivity index (χ1) is 11.1. The molecule has 0 bridgehead atoms. The summed E-state index contributed by atoms with van der Waals surface area (Å²) in [5.74, 6) is 0. The molecule has 2 aromatic carbocycles. The van der Waals surface area contributed by atoms with Crippen molar-refractivity contribution in [3.63, 3.8) is 0 Å². The van der Waals surface area contributed by atoms with Crippen molar-refractivity contribution in [2.75, 3.05) is 6.54 Å². The van der Waals surface area contributed by atoms with Crippen molar-refractivity contribution in [2.24, 2.45) is 5.73 Å². The van der Waals surface area contributed by atoms with Gasteiger partial charge in [0.1, 0.15) is 0 Å². The van der Waals surface area contributed by atoms with E-state index in [4.69, 9.17) is 5.73 Å². The van der Waals surface area contributed by atoms with E-state index in [0.29, 0.717) is 5.39 Å². The second kappa shape index (κ2) is 6.45. The van der Waals surface area contributed by atoms with Crippen LogP contribution in [-0.4, -0.2) is 19.9 Å². The van der Waals surface area contributed by atoms with Gasteiger partial charge in [0.2, 0.25) is 10.0 Å². The Morgan fingerprint density at radius 1 is 1.04 bits per heavy atom. The lowest BCUT2D eigenvalue weighted by atomic mass is 10.1. The molecule has 118 valence electrons. The van der Waals surface area contributed by atoms with Gasteiger partial charge in [0.15, 0.2) is 0 Å². The number of fused-ring (bicyclic) bond motifs is 1. The SMILES string of the molecule is NCC(NS(=O)(=O)c1cccc2cnccc12)c1ccccc1. The van der Waals surface area contributed by atoms with Crippen LogP contribution in [0.3, 0.4) is 0 Å². The van der Waals surface area contributed by atoms with Crippen molar-refractivity contribution in [2.45, 2.75) is 10.9 Å². The molecule has 0 saturated heterocycles. The summed E-state index contributed by atoms with van der Waals surface area (Å²) in [5.41, 5.74) is 6.60. The van der Waals surface area contributed by atoms with Crippen molar-refractivity contribution in [3.8, 4) is 0 Å². The summed E-state index contributed by atoms with van der Waals surface area (Å²) in [6.07, 6.45) is 3.23. The first-order valence-corrected chi connectivity index (χ1v) is 8.70. The highest BCUT2D eigenvalue weighted by atomic mass is 32.2. The predicted octanol–water partition coefficient (Wildman–Crippen LogP) is 2.21. The maximum Gasteiger partial charge on any atom is 0.241 e. The molecule has 3 rings (SSSR count). The minimum Gasteiger partial charge on any atom is -0.329 e. The molecular formula is C17H17N3O2S. The molecule has 0 aliphatic heterocycles. The number of aromatic nitrogens is 1. The molecule has 3 aromatic rings. The molecule has 0 saturated carbocycles. The third-order valence-electron chi connectivity index (χ3n) is 3.67. The zero-order valence-corrected chi connectivity index (χ0v) is 13.2. The van der Waals surface area contributed by atoms with Gasteiger partial charge in [-0.1, -0.05) is 42.5 Å². The Hall–Kier alpha value is -2.28. The second-order valence-corrected chi connectivity index (χ2v) is 6.86. The van der Waals surface area contributed by atoms with Crippen LogP contribution in [0.4, 0.5) is 0 Å². The van der Waals surface area contributed by atoms with Gasteiger partial charge < -0.3 is 5.73 Å². The number of rotatable bonds is 5. The van der Waals surface area contributed by atoms with E-state index in [9.17, 15) is 8.42 Å². The Morgan fingerprint density at radius 2 is 1.83 bits per heavy atom. The Labute approximate surface area is 135 Å². The molecule has 0 radical (unpaired) electrons. The summed E-state index contributed by atoms with van der Waals surface area (Å²) in [5, 5.41) is 1.42. The van der Waals surface area contributed by atoms with Crippen molar-refractivity contribution in [3.05, 3.63) is 72.6 Å². The quantitative estimate of drug-likeness (QED) is 0.752. The summed E-state index contributed by atoms with van der Waals surface area (Å²) in [7, 11) is -3.70. The van der Waals surface area contributed by atoms with E-state index >= 15 is 0 Å². The summed E-state index contributed by atoms with van der Waals surface area (Å²) >= 11 is 0. The molecule has 23 heavy (non-hydrogen) atoms. The largest absolute Gasteiger partial charge is 0.329 e. The number of benzene rings is 2. The molecule has 0 spiro atoms. The van der Waals surface area contributed by atoms with Crippen LogP contribution in [0.1, 0.15) is 11.6 Å². The summed E-state index contributed by atoms with van der Waals surface area (Å²) < 4.78 is 28.3. The van der Waals surface area contributed by atoms with E-state index in [2.05, 4.69) is 9.71 Å². The number of nitrogens with one attached hydrogen (secondary N) is 1. The minimum atomic E-state index is -3.70. The summed E-state index contributed by atoms with van der Waals surface area (Å²) in [4.78, 5) is 4.25. The van der Waals surface area contributed by atoms with Gasteiger partial charge in [-0.15, -0.1) is 0 Å². The predicted molar refractivity (Wildman–Crippen MR) is 90.3 cm³/mol. The van der Waals surface area contributed by atoms with Gasteiger partial charge in [-0.2, -0.15) is 0 Å². The molecule has 1 unspecified atom stereocenters. The Balaban J connectivity index is 2.01. The number of nitrogens with two attached hydrogens (primary N) is 1. The van der Waals surface area contributed by atoms with Gasteiger partial charge in [-0.05, 0) is 17.7 Å². The van der Waals surface area contributed by atoms with Crippen molar-refractivity contribution < 1.29 is 8.42 Å². The molecule has 5 nitrogen and oxygen atoms in total. The normalized spacial score (nSPS) is 13.1. The molecule has 0 fully saturated rings. The fourth-order valence-electron chi connectivity index (χ4n) is 2.52. The van der Waals surface area contributed by atoms with Crippen LogP contribution < -0.4 is 10.5 Å². The highest BCUT2D eigenvalue weighted by Gasteiger charge is 2.22. The fourth-order valence-corrected chi connectivity index (χ4v) is 3.98. The molecule has 1 heterocycles. The van der Waals surface area contributed by atoms with E-state index in [1.54, 1.807) is 30.6 Å². The maximum absolute atomic E-state index is 12.8. The lowest BCUT2D eigenvalue weighted by molar-refractivity contribution is 0.559. The lowest BCUT2D eigenvalue weighted by Gasteiger charge is -2.18. The van der Waals surface area contributed by atoms with Crippen molar-refractivity contribution in [1.82, 2.24) is 9.71 Å². The van der Waals surface area contributed by atoms with Crippen LogP contribution in [0.25, 0.3) is 10.8 Å². The molecule has 6 heteroatoms. The van der Waals surface area contributed by atoms with Gasteiger partial charge in [0, 0.05) is 29.7 Å². The van der Waals surface area contributed by atoms with Crippen LogP contribution in [0, 0.1) is 0 Å². The number of sulfonamides is 1. The van der Waals surface area contributed by atoms with Gasteiger partial charge in [-0.25, -0.2) is 13.1 Å². The van der Waals surface area contributed by atoms with Gasteiger partial charge in [0.05, 0.1) is 10.9 Å². The molecule has 3 N–H and O–H groups in total. The molecular weight excluding hydrogens is 310 g/mol. The fraction of sp³-hybridized carbons (Fsp3) is 0.118. The molecule has 0 aliphatic rings. The van der Waals surface area contributed by atoms with Crippen LogP contribution in [0.2, 0.25) is 0 Å². The molecule has 1 aromatic heterocycles. The van der Waals surface area contributed by atoms with Crippen LogP contribution >= 0.6 is 0 Å². The number of pyridine rings is 1. The zero-order valence-electron chi connectivity index (χ0n) is 12.4. The average molecular weight is 327 g/mol. The monoisotopic (exact) mass is 327 g/mol. The molecule has 0 amide bonds. The first kappa shape index (κ1) is 15.6. The highest BCUT2D eigenvalue weighted by Crippen LogP contribution is 2.23. The van der Waals surface area contributed by atoms with E-state index < -0.39 is 16.1 Å².